The van der Waals surface area contributed by atoms with Crippen molar-refractivity contribution in [1.82, 2.24) is 20.1 Å². The van der Waals surface area contributed by atoms with Gasteiger partial charge in [-0.15, -0.1) is 0 Å². The van der Waals surface area contributed by atoms with E-state index in [-0.39, 0.29) is 18.2 Å². The van der Waals surface area contributed by atoms with Gasteiger partial charge in [-0.05, 0) is 37.8 Å². The first-order valence-electron chi connectivity index (χ1n) is 7.88. The molecule has 0 spiro atoms. The van der Waals surface area contributed by atoms with Crippen LogP contribution in [0.2, 0.25) is 0 Å². The predicted octanol–water partition coefficient (Wildman–Crippen LogP) is 1.75. The molecule has 2 aromatic heterocycles. The normalized spacial score (nSPS) is 20.9. The Labute approximate surface area is 134 Å². The third-order valence-corrected chi connectivity index (χ3v) is 4.03. The van der Waals surface area contributed by atoms with Crippen LogP contribution >= 0.6 is 0 Å². The van der Waals surface area contributed by atoms with Crippen molar-refractivity contribution in [3.63, 3.8) is 0 Å². The van der Waals surface area contributed by atoms with Crippen molar-refractivity contribution in [2.45, 2.75) is 44.4 Å². The Hall–Kier alpha value is -2.41. The van der Waals surface area contributed by atoms with Gasteiger partial charge in [-0.3, -0.25) is 10.3 Å². The van der Waals surface area contributed by atoms with Crippen LogP contribution in [-0.2, 0) is 6.54 Å². The zero-order valence-corrected chi connectivity index (χ0v) is 12.9. The summed E-state index contributed by atoms with van der Waals surface area (Å²) in [5.41, 5.74) is 0.876. The first-order valence-corrected chi connectivity index (χ1v) is 7.88. The molecule has 0 saturated heterocycles. The fraction of sp³-hybridized carbons (Fsp3) is 0.438. The second kappa shape index (κ2) is 7.23. The van der Waals surface area contributed by atoms with E-state index in [1.807, 2.05) is 18.2 Å². The number of nitrogens with zero attached hydrogens (tertiary/aromatic N) is 3. The lowest BCUT2D eigenvalue weighted by atomic mass is 9.93. The highest BCUT2D eigenvalue weighted by atomic mass is 16.3. The van der Waals surface area contributed by atoms with Gasteiger partial charge in [0, 0.05) is 18.3 Å². The van der Waals surface area contributed by atoms with E-state index >= 15 is 0 Å². The number of aliphatic hydroxyl groups is 1. The van der Waals surface area contributed by atoms with E-state index in [9.17, 15) is 9.90 Å². The summed E-state index contributed by atoms with van der Waals surface area (Å²) in [4.78, 5) is 16.4. The second-order valence-electron chi connectivity index (χ2n) is 5.80. The van der Waals surface area contributed by atoms with Gasteiger partial charge in [0.25, 0.3) is 0 Å². The van der Waals surface area contributed by atoms with Gasteiger partial charge in [0.15, 0.2) is 0 Å². The summed E-state index contributed by atoms with van der Waals surface area (Å²) in [5.74, 6) is 0.629. The Morgan fingerprint density at radius 3 is 2.78 bits per heavy atom. The molecule has 1 aliphatic carbocycles. The number of rotatable bonds is 4. The lowest BCUT2D eigenvalue weighted by Gasteiger charge is -2.26. The number of aromatic nitrogens is 3. The van der Waals surface area contributed by atoms with Crippen molar-refractivity contribution >= 4 is 11.8 Å². The summed E-state index contributed by atoms with van der Waals surface area (Å²) in [6.07, 6.45) is 6.25. The summed E-state index contributed by atoms with van der Waals surface area (Å²) in [6, 6.07) is 7.33. The van der Waals surface area contributed by atoms with E-state index < -0.39 is 0 Å². The summed E-state index contributed by atoms with van der Waals surface area (Å²) < 4.78 is 1.70. The Kier molecular flexibility index (Phi) is 4.87. The minimum Gasteiger partial charge on any atom is -0.393 e. The molecule has 1 aliphatic rings. The maximum atomic E-state index is 12.1. The molecule has 0 aliphatic heterocycles. The molecule has 23 heavy (non-hydrogen) atoms. The van der Waals surface area contributed by atoms with Gasteiger partial charge in [0.1, 0.15) is 5.82 Å². The summed E-state index contributed by atoms with van der Waals surface area (Å²) in [5, 5.41) is 19.5. The summed E-state index contributed by atoms with van der Waals surface area (Å²) in [7, 11) is 0. The van der Waals surface area contributed by atoms with Crippen LogP contribution in [0.4, 0.5) is 10.6 Å². The van der Waals surface area contributed by atoms with E-state index in [0.29, 0.717) is 12.4 Å². The standard InChI is InChI=1S/C16H21N5O2/c22-14-6-4-12(5-7-14)19-16(23)20-15-8-10-18-21(15)11-13-3-1-2-9-17-13/h1-3,8-10,12,14,22H,4-7,11H2,(H2,19,20,23). The van der Waals surface area contributed by atoms with Gasteiger partial charge in [-0.1, -0.05) is 6.07 Å². The molecule has 0 unspecified atom stereocenters. The molecule has 0 atom stereocenters. The Balaban J connectivity index is 1.56. The minimum atomic E-state index is -0.242. The maximum absolute atomic E-state index is 12.1. The fourth-order valence-electron chi connectivity index (χ4n) is 2.77. The van der Waals surface area contributed by atoms with Crippen LogP contribution in [0.5, 0.6) is 0 Å². The van der Waals surface area contributed by atoms with Gasteiger partial charge in [-0.2, -0.15) is 5.10 Å². The SMILES string of the molecule is O=C(Nc1ccnn1Cc1ccccn1)NC1CCC(O)CC1. The van der Waals surface area contributed by atoms with E-state index in [4.69, 9.17) is 0 Å². The molecule has 3 rings (SSSR count). The zero-order valence-electron chi connectivity index (χ0n) is 12.9. The smallest absolute Gasteiger partial charge is 0.320 e. The number of hydrogen-bond acceptors (Lipinski definition) is 4. The molecule has 0 bridgehead atoms. The van der Waals surface area contributed by atoms with Gasteiger partial charge < -0.3 is 10.4 Å². The number of nitrogens with one attached hydrogen (secondary N) is 2. The van der Waals surface area contributed by atoms with Crippen molar-refractivity contribution in [3.8, 4) is 0 Å². The summed E-state index contributed by atoms with van der Waals surface area (Å²) >= 11 is 0. The van der Waals surface area contributed by atoms with E-state index in [1.54, 1.807) is 23.1 Å². The highest BCUT2D eigenvalue weighted by molar-refractivity contribution is 5.88. The van der Waals surface area contributed by atoms with Crippen molar-refractivity contribution < 1.29 is 9.90 Å². The second-order valence-corrected chi connectivity index (χ2v) is 5.80. The highest BCUT2D eigenvalue weighted by Crippen LogP contribution is 2.18. The van der Waals surface area contributed by atoms with Crippen LogP contribution in [0.3, 0.4) is 0 Å². The van der Waals surface area contributed by atoms with Gasteiger partial charge >= 0.3 is 6.03 Å². The third-order valence-electron chi connectivity index (χ3n) is 4.03. The van der Waals surface area contributed by atoms with Crippen molar-refractivity contribution in [2.75, 3.05) is 5.32 Å². The topological polar surface area (TPSA) is 92.1 Å². The zero-order chi connectivity index (χ0) is 16.1. The molecular formula is C16H21N5O2. The van der Waals surface area contributed by atoms with Crippen molar-refractivity contribution in [2.24, 2.45) is 0 Å². The van der Waals surface area contributed by atoms with E-state index in [1.165, 1.54) is 0 Å². The largest absolute Gasteiger partial charge is 0.393 e. The van der Waals surface area contributed by atoms with Crippen LogP contribution in [0.25, 0.3) is 0 Å². The number of urea groups is 1. The number of carbonyl (C=O) groups is 1. The quantitative estimate of drug-likeness (QED) is 0.801. The molecule has 0 aromatic carbocycles. The predicted molar refractivity (Wildman–Crippen MR) is 86.0 cm³/mol. The molecule has 2 heterocycles. The van der Waals surface area contributed by atoms with E-state index in [0.717, 1.165) is 31.4 Å². The molecule has 0 radical (unpaired) electrons. The molecule has 122 valence electrons. The number of anilines is 1. The summed E-state index contributed by atoms with van der Waals surface area (Å²) in [6.45, 7) is 0.499. The van der Waals surface area contributed by atoms with Crippen molar-refractivity contribution in [3.05, 3.63) is 42.4 Å². The van der Waals surface area contributed by atoms with Crippen LogP contribution in [0, 0.1) is 0 Å². The molecule has 7 heteroatoms. The highest BCUT2D eigenvalue weighted by Gasteiger charge is 2.21. The Morgan fingerprint density at radius 1 is 1.22 bits per heavy atom. The third kappa shape index (κ3) is 4.29. The Morgan fingerprint density at radius 2 is 2.04 bits per heavy atom. The van der Waals surface area contributed by atoms with Crippen LogP contribution < -0.4 is 10.6 Å². The number of pyridine rings is 1. The lowest BCUT2D eigenvalue weighted by Crippen LogP contribution is -2.41. The average molecular weight is 315 g/mol. The molecule has 2 aromatic rings. The van der Waals surface area contributed by atoms with Gasteiger partial charge in [0.05, 0.1) is 24.5 Å². The number of aliphatic hydroxyl groups excluding tert-OH is 1. The molecule has 2 amide bonds. The fourth-order valence-corrected chi connectivity index (χ4v) is 2.77. The molecular weight excluding hydrogens is 294 g/mol. The van der Waals surface area contributed by atoms with Gasteiger partial charge in [0.2, 0.25) is 0 Å². The van der Waals surface area contributed by atoms with Crippen LogP contribution in [0.15, 0.2) is 36.7 Å². The van der Waals surface area contributed by atoms with Crippen LogP contribution in [0.1, 0.15) is 31.4 Å². The number of hydrogen-bond donors (Lipinski definition) is 3. The molecule has 3 N–H and O–H groups in total. The molecule has 1 saturated carbocycles. The van der Waals surface area contributed by atoms with Crippen LogP contribution in [-0.4, -0.2) is 38.0 Å². The molecule has 7 nitrogen and oxygen atoms in total. The minimum absolute atomic E-state index is 0.116. The lowest BCUT2D eigenvalue weighted by molar-refractivity contribution is 0.118. The number of carbonyl (C=O) groups excluding carboxylic acids is 1. The molecule has 1 fully saturated rings. The number of amides is 2. The first kappa shape index (κ1) is 15.5. The monoisotopic (exact) mass is 315 g/mol. The van der Waals surface area contributed by atoms with E-state index in [2.05, 4.69) is 20.7 Å². The van der Waals surface area contributed by atoms with Gasteiger partial charge in [-0.25, -0.2) is 9.48 Å². The first-order chi connectivity index (χ1) is 11.2. The van der Waals surface area contributed by atoms with Crippen molar-refractivity contribution in [1.29, 1.82) is 0 Å². The maximum Gasteiger partial charge on any atom is 0.320 e. The Bertz CT molecular complexity index is 635. The average Bonchev–Trinajstić information content (AvgIpc) is 2.97.